The Morgan fingerprint density at radius 2 is 1.91 bits per heavy atom. The summed E-state index contributed by atoms with van der Waals surface area (Å²) in [6.07, 6.45) is -2.92. The Morgan fingerprint density at radius 3 is 2.57 bits per heavy atom. The third kappa shape index (κ3) is 2.93. The molecule has 3 aromatic rings. The lowest BCUT2D eigenvalue weighted by molar-refractivity contribution is -0.137. The Kier molecular flexibility index (Phi) is 3.83. The molecule has 0 saturated heterocycles. The van der Waals surface area contributed by atoms with E-state index in [4.69, 9.17) is 0 Å². The van der Waals surface area contributed by atoms with Gasteiger partial charge in [-0.1, -0.05) is 17.3 Å². The van der Waals surface area contributed by atoms with Crippen LogP contribution >= 0.6 is 0 Å². The lowest BCUT2D eigenvalue weighted by Gasteiger charge is -2.10. The van der Waals surface area contributed by atoms with Crippen LogP contribution in [0.25, 0.3) is 17.1 Å². The van der Waals surface area contributed by atoms with E-state index < -0.39 is 18.3 Å². The first-order valence-electron chi connectivity index (χ1n) is 6.65. The van der Waals surface area contributed by atoms with Gasteiger partial charge in [0.05, 0.1) is 23.6 Å². The summed E-state index contributed by atoms with van der Waals surface area (Å²) < 4.78 is 39.9. The lowest BCUT2D eigenvalue weighted by atomic mass is 10.1. The van der Waals surface area contributed by atoms with E-state index in [1.54, 1.807) is 24.4 Å². The van der Waals surface area contributed by atoms with Gasteiger partial charge in [-0.3, -0.25) is 4.98 Å². The van der Waals surface area contributed by atoms with Gasteiger partial charge in [-0.2, -0.15) is 13.2 Å². The van der Waals surface area contributed by atoms with Crippen molar-refractivity contribution in [2.75, 3.05) is 0 Å². The third-order valence-corrected chi connectivity index (χ3v) is 3.22. The SMILES string of the molecule is OCc1nnn(-c2cccc(C(F)(F)F)c2)c1-c1ccccn1. The van der Waals surface area contributed by atoms with Gasteiger partial charge in [0.1, 0.15) is 11.4 Å². The molecule has 0 aliphatic heterocycles. The number of pyridine rings is 1. The van der Waals surface area contributed by atoms with Gasteiger partial charge in [0.2, 0.25) is 0 Å². The standard InChI is InChI=1S/C15H11F3N4O/c16-15(17,18)10-4-3-5-11(8-10)22-14(13(9-23)20-21-22)12-6-1-2-7-19-12/h1-8,23H,9H2. The Morgan fingerprint density at radius 1 is 1.09 bits per heavy atom. The number of rotatable bonds is 3. The summed E-state index contributed by atoms with van der Waals surface area (Å²) in [5, 5.41) is 17.1. The fourth-order valence-corrected chi connectivity index (χ4v) is 2.17. The molecule has 0 saturated carbocycles. The number of aliphatic hydroxyl groups excluding tert-OH is 1. The van der Waals surface area contributed by atoms with Crippen molar-refractivity contribution in [1.29, 1.82) is 0 Å². The average molecular weight is 320 g/mol. The molecule has 8 heteroatoms. The summed E-state index contributed by atoms with van der Waals surface area (Å²) in [7, 11) is 0. The molecule has 0 unspecified atom stereocenters. The second-order valence-corrected chi connectivity index (χ2v) is 4.72. The van der Waals surface area contributed by atoms with Crippen LogP contribution in [0, 0.1) is 0 Å². The predicted octanol–water partition coefficient (Wildman–Crippen LogP) is 2.84. The smallest absolute Gasteiger partial charge is 0.390 e. The molecule has 5 nitrogen and oxygen atoms in total. The van der Waals surface area contributed by atoms with E-state index in [1.165, 1.54) is 16.8 Å². The third-order valence-electron chi connectivity index (χ3n) is 3.22. The summed E-state index contributed by atoms with van der Waals surface area (Å²) in [4.78, 5) is 4.15. The molecule has 2 aromatic heterocycles. The average Bonchev–Trinajstić information content (AvgIpc) is 2.99. The van der Waals surface area contributed by atoms with Crippen LogP contribution in [-0.4, -0.2) is 25.1 Å². The Labute approximate surface area is 129 Å². The molecule has 0 fully saturated rings. The predicted molar refractivity (Wildman–Crippen MR) is 75.5 cm³/mol. The number of aromatic nitrogens is 4. The van der Waals surface area contributed by atoms with Crippen LogP contribution in [0.3, 0.4) is 0 Å². The Hall–Kier alpha value is -2.74. The van der Waals surface area contributed by atoms with Crippen molar-refractivity contribution in [3.05, 3.63) is 59.9 Å². The van der Waals surface area contributed by atoms with E-state index in [0.717, 1.165) is 12.1 Å². The molecule has 1 N–H and O–H groups in total. The van der Waals surface area contributed by atoms with Gasteiger partial charge in [0.25, 0.3) is 0 Å². The summed E-state index contributed by atoms with van der Waals surface area (Å²) in [6.45, 7) is -0.398. The Balaban J connectivity index is 2.17. The summed E-state index contributed by atoms with van der Waals surface area (Å²) in [5.41, 5.74) is 0.447. The number of halogens is 3. The molecule has 0 radical (unpaired) electrons. The van der Waals surface area contributed by atoms with E-state index >= 15 is 0 Å². The molecule has 1 aromatic carbocycles. The highest BCUT2D eigenvalue weighted by molar-refractivity contribution is 5.60. The molecule has 0 aliphatic rings. The monoisotopic (exact) mass is 320 g/mol. The van der Waals surface area contributed by atoms with Gasteiger partial charge in [-0.25, -0.2) is 4.68 Å². The first-order chi connectivity index (χ1) is 11.0. The maximum atomic E-state index is 12.9. The first kappa shape index (κ1) is 15.2. The van der Waals surface area contributed by atoms with Crippen molar-refractivity contribution in [2.24, 2.45) is 0 Å². The highest BCUT2D eigenvalue weighted by Crippen LogP contribution is 2.31. The van der Waals surface area contributed by atoms with Crippen molar-refractivity contribution >= 4 is 0 Å². The van der Waals surface area contributed by atoms with Crippen molar-refractivity contribution in [3.63, 3.8) is 0 Å². The van der Waals surface area contributed by atoms with Crippen LogP contribution in [0.1, 0.15) is 11.3 Å². The zero-order valence-electron chi connectivity index (χ0n) is 11.7. The molecule has 0 bridgehead atoms. The van der Waals surface area contributed by atoms with Crippen molar-refractivity contribution in [3.8, 4) is 17.1 Å². The molecule has 3 rings (SSSR count). The number of hydrogen-bond donors (Lipinski definition) is 1. The number of benzene rings is 1. The van der Waals surface area contributed by atoms with E-state index in [0.29, 0.717) is 11.4 Å². The molecule has 118 valence electrons. The van der Waals surface area contributed by atoms with Crippen LogP contribution in [0.2, 0.25) is 0 Å². The van der Waals surface area contributed by atoms with Crippen molar-refractivity contribution in [2.45, 2.75) is 12.8 Å². The van der Waals surface area contributed by atoms with E-state index in [2.05, 4.69) is 15.3 Å². The highest BCUT2D eigenvalue weighted by atomic mass is 19.4. The molecule has 0 aliphatic carbocycles. The minimum Gasteiger partial charge on any atom is -0.390 e. The van der Waals surface area contributed by atoms with E-state index in [9.17, 15) is 18.3 Å². The number of alkyl halides is 3. The second-order valence-electron chi connectivity index (χ2n) is 4.72. The summed E-state index contributed by atoms with van der Waals surface area (Å²) in [6, 6.07) is 9.84. The minimum atomic E-state index is -4.46. The van der Waals surface area contributed by atoms with E-state index in [-0.39, 0.29) is 11.4 Å². The quantitative estimate of drug-likeness (QED) is 0.806. The van der Waals surface area contributed by atoms with Gasteiger partial charge in [-0.15, -0.1) is 5.10 Å². The summed E-state index contributed by atoms with van der Waals surface area (Å²) >= 11 is 0. The van der Waals surface area contributed by atoms with Crippen molar-refractivity contribution in [1.82, 2.24) is 20.0 Å². The zero-order valence-corrected chi connectivity index (χ0v) is 11.7. The number of nitrogens with zero attached hydrogens (tertiary/aromatic N) is 4. The van der Waals surface area contributed by atoms with Gasteiger partial charge < -0.3 is 5.11 Å². The first-order valence-corrected chi connectivity index (χ1v) is 6.65. The minimum absolute atomic E-state index is 0.188. The van der Waals surface area contributed by atoms with Crippen LogP contribution in [0.15, 0.2) is 48.7 Å². The molecule has 0 amide bonds. The highest BCUT2D eigenvalue weighted by Gasteiger charge is 2.31. The van der Waals surface area contributed by atoms with Gasteiger partial charge in [0.15, 0.2) is 0 Å². The molecule has 23 heavy (non-hydrogen) atoms. The van der Waals surface area contributed by atoms with Gasteiger partial charge >= 0.3 is 6.18 Å². The van der Waals surface area contributed by atoms with Crippen molar-refractivity contribution < 1.29 is 18.3 Å². The van der Waals surface area contributed by atoms with Crippen LogP contribution in [0.4, 0.5) is 13.2 Å². The molecule has 0 spiro atoms. The zero-order chi connectivity index (χ0) is 16.4. The number of hydrogen-bond acceptors (Lipinski definition) is 4. The topological polar surface area (TPSA) is 63.8 Å². The van der Waals surface area contributed by atoms with Crippen LogP contribution in [0.5, 0.6) is 0 Å². The molecule has 0 atom stereocenters. The maximum absolute atomic E-state index is 12.9. The van der Waals surface area contributed by atoms with Gasteiger partial charge in [0, 0.05) is 6.20 Å². The number of aliphatic hydroxyl groups is 1. The second kappa shape index (κ2) is 5.81. The fraction of sp³-hybridized carbons (Fsp3) is 0.133. The molecular weight excluding hydrogens is 309 g/mol. The Bertz CT molecular complexity index is 815. The largest absolute Gasteiger partial charge is 0.416 e. The fourth-order valence-electron chi connectivity index (χ4n) is 2.17. The maximum Gasteiger partial charge on any atom is 0.416 e. The lowest BCUT2D eigenvalue weighted by Crippen LogP contribution is -2.07. The van der Waals surface area contributed by atoms with Gasteiger partial charge in [-0.05, 0) is 30.3 Å². The van der Waals surface area contributed by atoms with Crippen LogP contribution < -0.4 is 0 Å². The molecule has 2 heterocycles. The normalized spacial score (nSPS) is 11.7. The molecular formula is C15H11F3N4O. The van der Waals surface area contributed by atoms with Crippen LogP contribution in [-0.2, 0) is 12.8 Å². The van der Waals surface area contributed by atoms with E-state index in [1.807, 2.05) is 0 Å². The summed E-state index contributed by atoms with van der Waals surface area (Å²) in [5.74, 6) is 0.